The Bertz CT molecular complexity index is 1320. The summed E-state index contributed by atoms with van der Waals surface area (Å²) in [6, 6.07) is 13.8. The Balaban J connectivity index is 1.28. The minimum atomic E-state index is -1.18. The molecule has 40 heavy (non-hydrogen) atoms. The van der Waals surface area contributed by atoms with E-state index in [0.717, 1.165) is 31.2 Å². The van der Waals surface area contributed by atoms with Gasteiger partial charge in [0.1, 0.15) is 17.4 Å². The van der Waals surface area contributed by atoms with E-state index < -0.39 is 29.6 Å². The van der Waals surface area contributed by atoms with Gasteiger partial charge in [0.15, 0.2) is 0 Å². The Hall–Kier alpha value is -3.36. The average Bonchev–Trinajstić information content (AvgIpc) is 3.60. The van der Waals surface area contributed by atoms with Crippen molar-refractivity contribution in [2.75, 3.05) is 19.0 Å². The number of halogens is 1. The highest BCUT2D eigenvalue weighted by Gasteiger charge is 2.72. The Morgan fingerprint density at radius 1 is 1.10 bits per heavy atom. The summed E-state index contributed by atoms with van der Waals surface area (Å²) in [4.78, 5) is 43.4. The lowest BCUT2D eigenvalue weighted by molar-refractivity contribution is -0.141. The minimum Gasteiger partial charge on any atom is -0.497 e. The molecule has 2 aromatic rings. The number of carbonyl (C=O) groups excluding carboxylic acids is 3. The van der Waals surface area contributed by atoms with E-state index in [4.69, 9.17) is 21.1 Å². The lowest BCUT2D eigenvalue weighted by Crippen LogP contribution is -2.56. The van der Waals surface area contributed by atoms with Crippen LogP contribution in [0, 0.1) is 11.8 Å². The summed E-state index contributed by atoms with van der Waals surface area (Å²) >= 11 is 6.06. The minimum absolute atomic E-state index is 0.0830. The van der Waals surface area contributed by atoms with Gasteiger partial charge in [-0.25, -0.2) is 0 Å². The van der Waals surface area contributed by atoms with Gasteiger partial charge in [-0.05, 0) is 49.1 Å². The fourth-order valence-electron chi connectivity index (χ4n) is 6.86. The maximum Gasteiger partial charge on any atom is 0.246 e. The van der Waals surface area contributed by atoms with Gasteiger partial charge in [0.05, 0.1) is 25.0 Å². The number of methoxy groups -OCH3 is 1. The summed E-state index contributed by atoms with van der Waals surface area (Å²) in [5.41, 5.74) is 0.393. The van der Waals surface area contributed by atoms with Gasteiger partial charge in [0, 0.05) is 29.4 Å². The fourth-order valence-corrected chi connectivity index (χ4v) is 6.99. The molecule has 3 amide bonds. The number of nitrogens with zero attached hydrogens (tertiary/aromatic N) is 1. The second-order valence-electron chi connectivity index (χ2n) is 11.2. The number of likely N-dealkylation sites (tertiary alicyclic amines) is 1. The molecule has 1 spiro atoms. The number of anilines is 1. The summed E-state index contributed by atoms with van der Waals surface area (Å²) in [7, 11) is 1.56. The number of rotatable bonds is 8. The summed E-state index contributed by atoms with van der Waals surface area (Å²) in [5.74, 6) is -1.68. The third-order valence-electron chi connectivity index (χ3n) is 8.77. The predicted molar refractivity (Wildman–Crippen MR) is 151 cm³/mol. The van der Waals surface area contributed by atoms with Crippen molar-refractivity contribution in [2.45, 2.75) is 62.3 Å². The second kappa shape index (κ2) is 10.9. The number of hydrogen-bond acceptors (Lipinski definition) is 5. The molecule has 4 aliphatic rings. The second-order valence-corrected chi connectivity index (χ2v) is 11.6. The molecular formula is C31H34ClN3O5. The Kier molecular flexibility index (Phi) is 7.31. The van der Waals surface area contributed by atoms with Gasteiger partial charge >= 0.3 is 0 Å². The summed E-state index contributed by atoms with van der Waals surface area (Å²) in [6.45, 7) is 0.327. The van der Waals surface area contributed by atoms with Crippen LogP contribution in [0.4, 0.5) is 5.69 Å². The zero-order valence-electron chi connectivity index (χ0n) is 22.5. The molecule has 0 radical (unpaired) electrons. The lowest BCUT2D eigenvalue weighted by Gasteiger charge is -2.34. The highest BCUT2D eigenvalue weighted by Crippen LogP contribution is 2.55. The average molecular weight is 564 g/mol. The van der Waals surface area contributed by atoms with Crippen LogP contribution in [0.15, 0.2) is 60.7 Å². The number of amides is 3. The largest absolute Gasteiger partial charge is 0.497 e. The number of carbonyl (C=O) groups is 3. The zero-order valence-corrected chi connectivity index (χ0v) is 23.2. The smallest absolute Gasteiger partial charge is 0.246 e. The van der Waals surface area contributed by atoms with Gasteiger partial charge in [0.2, 0.25) is 17.7 Å². The van der Waals surface area contributed by atoms with Crippen molar-refractivity contribution in [3.63, 3.8) is 0 Å². The summed E-state index contributed by atoms with van der Waals surface area (Å²) < 4.78 is 11.7. The van der Waals surface area contributed by atoms with Crippen molar-refractivity contribution in [3.05, 3.63) is 71.3 Å². The Labute approximate surface area is 239 Å². The van der Waals surface area contributed by atoms with Crippen LogP contribution in [-0.2, 0) is 25.5 Å². The third-order valence-corrected chi connectivity index (χ3v) is 9.02. The predicted octanol–water partition coefficient (Wildman–Crippen LogP) is 4.13. The van der Waals surface area contributed by atoms with Gasteiger partial charge < -0.3 is 25.0 Å². The molecular weight excluding hydrogens is 530 g/mol. The van der Waals surface area contributed by atoms with Crippen molar-refractivity contribution in [1.29, 1.82) is 0 Å². The highest BCUT2D eigenvalue weighted by molar-refractivity contribution is 6.30. The van der Waals surface area contributed by atoms with Gasteiger partial charge in [-0.1, -0.05) is 61.2 Å². The maximum atomic E-state index is 14.1. The van der Waals surface area contributed by atoms with Crippen LogP contribution in [0.5, 0.6) is 5.75 Å². The van der Waals surface area contributed by atoms with Crippen molar-refractivity contribution < 1.29 is 23.9 Å². The van der Waals surface area contributed by atoms with Crippen molar-refractivity contribution >= 4 is 35.0 Å². The quantitative estimate of drug-likeness (QED) is 0.471. The molecule has 3 fully saturated rings. The molecule has 2 saturated heterocycles. The number of ether oxygens (including phenoxy) is 2. The van der Waals surface area contributed by atoms with E-state index in [9.17, 15) is 14.4 Å². The molecule has 3 aliphatic heterocycles. The van der Waals surface area contributed by atoms with Crippen LogP contribution in [0.2, 0.25) is 5.02 Å². The normalized spacial score (nSPS) is 28.9. The fraction of sp³-hybridized carbons (Fsp3) is 0.452. The van der Waals surface area contributed by atoms with Gasteiger partial charge in [-0.2, -0.15) is 0 Å². The van der Waals surface area contributed by atoms with Crippen LogP contribution < -0.4 is 15.4 Å². The molecule has 210 valence electrons. The van der Waals surface area contributed by atoms with E-state index in [1.54, 1.807) is 36.3 Å². The topological polar surface area (TPSA) is 97.0 Å². The van der Waals surface area contributed by atoms with Crippen molar-refractivity contribution in [2.24, 2.45) is 11.8 Å². The maximum absolute atomic E-state index is 14.1. The van der Waals surface area contributed by atoms with Crippen LogP contribution in [0.3, 0.4) is 0 Å². The number of hydrogen-bond donors (Lipinski definition) is 2. The molecule has 9 heteroatoms. The first-order valence-corrected chi connectivity index (χ1v) is 14.4. The van der Waals surface area contributed by atoms with Crippen LogP contribution >= 0.6 is 11.6 Å². The number of nitrogens with one attached hydrogen (secondary N) is 2. The van der Waals surface area contributed by atoms with Gasteiger partial charge in [-0.15, -0.1) is 0 Å². The molecule has 6 rings (SSSR count). The van der Waals surface area contributed by atoms with E-state index in [2.05, 4.69) is 10.6 Å². The third kappa shape index (κ3) is 4.77. The Morgan fingerprint density at radius 3 is 2.62 bits per heavy atom. The van der Waals surface area contributed by atoms with Gasteiger partial charge in [-0.3, -0.25) is 14.4 Å². The van der Waals surface area contributed by atoms with E-state index in [1.807, 2.05) is 36.4 Å². The van der Waals surface area contributed by atoms with Crippen molar-refractivity contribution in [3.8, 4) is 5.75 Å². The van der Waals surface area contributed by atoms with E-state index >= 15 is 0 Å². The summed E-state index contributed by atoms with van der Waals surface area (Å²) in [5, 5.41) is 6.81. The molecule has 1 aliphatic carbocycles. The van der Waals surface area contributed by atoms with E-state index in [1.165, 1.54) is 6.42 Å². The molecule has 1 saturated carbocycles. The Morgan fingerprint density at radius 2 is 1.88 bits per heavy atom. The first-order valence-electron chi connectivity index (χ1n) is 14.1. The number of fused-ring (bicyclic) bond motifs is 1. The van der Waals surface area contributed by atoms with Crippen LogP contribution in [-0.4, -0.2) is 60.1 Å². The highest BCUT2D eigenvalue weighted by atomic mass is 35.5. The molecule has 8 nitrogen and oxygen atoms in total. The number of benzene rings is 2. The SMILES string of the molecule is COc1cccc(NC(=O)[C@@H]2[C@@H]3C=C[C@]4(O3)[C@@H]2C(=O)N(CCc2ccc(Cl)cc2)[C@H]4C(=O)NC2CCCCC2)c1. The van der Waals surface area contributed by atoms with Crippen molar-refractivity contribution in [1.82, 2.24) is 10.2 Å². The summed E-state index contributed by atoms with van der Waals surface area (Å²) in [6.07, 6.45) is 8.84. The first-order chi connectivity index (χ1) is 19.4. The van der Waals surface area contributed by atoms with E-state index in [0.29, 0.717) is 29.4 Å². The zero-order chi connectivity index (χ0) is 27.9. The molecule has 2 aromatic carbocycles. The van der Waals surface area contributed by atoms with Crippen LogP contribution in [0.25, 0.3) is 0 Å². The molecule has 2 bridgehead atoms. The molecule has 3 heterocycles. The monoisotopic (exact) mass is 563 g/mol. The first kappa shape index (κ1) is 26.8. The van der Waals surface area contributed by atoms with Crippen LogP contribution in [0.1, 0.15) is 37.7 Å². The van der Waals surface area contributed by atoms with Gasteiger partial charge in [0.25, 0.3) is 0 Å². The molecule has 0 unspecified atom stereocenters. The molecule has 2 N–H and O–H groups in total. The molecule has 5 atom stereocenters. The standard InChI is InChI=1S/C31H34ClN3O5/c1-39-23-9-5-8-22(18-23)34-28(36)25-24-14-16-31(40-24)26(25)30(38)35(17-15-19-10-12-20(32)13-11-19)27(31)29(37)33-21-6-3-2-4-7-21/h5,8-14,16,18,21,24-27H,2-4,6-7,15,17H2,1H3,(H,33,37)(H,34,36)/t24-,25+,26-,27-,31-/m0/s1. The van der Waals surface area contributed by atoms with E-state index in [-0.39, 0.29) is 23.8 Å². The lowest BCUT2D eigenvalue weighted by atomic mass is 9.74. The molecule has 0 aromatic heterocycles.